The summed E-state index contributed by atoms with van der Waals surface area (Å²) in [4.78, 5) is 35.6. The van der Waals surface area contributed by atoms with Crippen LogP contribution in [0.1, 0.15) is 20.7 Å². The van der Waals surface area contributed by atoms with Crippen molar-refractivity contribution in [2.45, 2.75) is 0 Å². The molecule has 1 N–H and O–H groups in total. The van der Waals surface area contributed by atoms with Gasteiger partial charge in [0.25, 0.3) is 5.91 Å². The van der Waals surface area contributed by atoms with Crippen molar-refractivity contribution in [1.29, 1.82) is 0 Å². The van der Waals surface area contributed by atoms with Gasteiger partial charge >= 0.3 is 11.6 Å². The topological polar surface area (TPSA) is 85.6 Å². The molecule has 7 heteroatoms. The molecule has 6 nitrogen and oxygen atoms in total. The first-order valence-electron chi connectivity index (χ1n) is 6.59. The van der Waals surface area contributed by atoms with Gasteiger partial charge in [0.05, 0.1) is 17.7 Å². The summed E-state index contributed by atoms with van der Waals surface area (Å²) >= 11 is 1.16. The van der Waals surface area contributed by atoms with E-state index in [1.165, 1.54) is 19.2 Å². The number of carbonyl (C=O) groups is 2. The fourth-order valence-corrected chi connectivity index (χ4v) is 2.79. The Labute approximate surface area is 134 Å². The number of methoxy groups -OCH3 is 1. The highest BCUT2D eigenvalue weighted by molar-refractivity contribution is 7.14. The highest BCUT2D eigenvalue weighted by atomic mass is 32.1. The number of hydrogen-bond acceptors (Lipinski definition) is 6. The van der Waals surface area contributed by atoms with Crippen molar-refractivity contribution < 1.29 is 18.7 Å². The van der Waals surface area contributed by atoms with Gasteiger partial charge in [0.1, 0.15) is 11.1 Å². The van der Waals surface area contributed by atoms with Gasteiger partial charge < -0.3 is 14.5 Å². The number of fused-ring (bicyclic) bond motifs is 1. The molecule has 0 aliphatic carbocycles. The van der Waals surface area contributed by atoms with Crippen molar-refractivity contribution in [3.8, 4) is 0 Å². The molecule has 0 saturated carbocycles. The lowest BCUT2D eigenvalue weighted by Crippen LogP contribution is -2.20. The molecule has 0 spiro atoms. The number of hydrogen-bond donors (Lipinski definition) is 1. The summed E-state index contributed by atoms with van der Waals surface area (Å²) in [5.41, 5.74) is -0.0702. The van der Waals surface area contributed by atoms with Gasteiger partial charge in [0, 0.05) is 10.8 Å². The van der Waals surface area contributed by atoms with E-state index < -0.39 is 17.5 Å². The van der Waals surface area contributed by atoms with Crippen LogP contribution >= 0.6 is 11.3 Å². The van der Waals surface area contributed by atoms with E-state index in [0.717, 1.165) is 11.3 Å². The molecule has 0 saturated heterocycles. The molecular weight excluding hydrogens is 318 g/mol. The number of rotatable bonds is 3. The van der Waals surface area contributed by atoms with Crippen molar-refractivity contribution in [3.05, 3.63) is 63.3 Å². The predicted octanol–water partition coefficient (Wildman–Crippen LogP) is 2.89. The number of ether oxygens (including phenoxy) is 1. The van der Waals surface area contributed by atoms with E-state index in [1.54, 1.807) is 29.6 Å². The van der Waals surface area contributed by atoms with Crippen LogP contribution in [0, 0.1) is 0 Å². The molecule has 0 aliphatic rings. The molecule has 0 unspecified atom stereocenters. The maximum Gasteiger partial charge on any atom is 0.349 e. The number of benzene rings is 1. The van der Waals surface area contributed by atoms with Crippen LogP contribution < -0.4 is 10.9 Å². The zero-order valence-corrected chi connectivity index (χ0v) is 12.8. The molecule has 0 aliphatic heterocycles. The maximum absolute atomic E-state index is 12.2. The molecule has 0 fully saturated rings. The van der Waals surface area contributed by atoms with Gasteiger partial charge in [0.2, 0.25) is 0 Å². The SMILES string of the molecule is COC(=O)c1csc(NC(=O)c2cc3ccccc3oc2=O)c1. The first-order chi connectivity index (χ1) is 11.1. The lowest BCUT2D eigenvalue weighted by Gasteiger charge is -2.02. The van der Waals surface area contributed by atoms with Crippen LogP contribution in [0.2, 0.25) is 0 Å². The largest absolute Gasteiger partial charge is 0.465 e. The van der Waals surface area contributed by atoms with Crippen LogP contribution in [0.4, 0.5) is 5.00 Å². The van der Waals surface area contributed by atoms with E-state index in [-0.39, 0.29) is 5.56 Å². The Morgan fingerprint density at radius 1 is 1.22 bits per heavy atom. The number of thiophene rings is 1. The van der Waals surface area contributed by atoms with Crippen LogP contribution in [0.25, 0.3) is 11.0 Å². The van der Waals surface area contributed by atoms with Gasteiger partial charge in [-0.2, -0.15) is 0 Å². The van der Waals surface area contributed by atoms with E-state index in [1.807, 2.05) is 0 Å². The Balaban J connectivity index is 1.88. The average Bonchev–Trinajstić information content (AvgIpc) is 3.01. The highest BCUT2D eigenvalue weighted by Gasteiger charge is 2.16. The summed E-state index contributed by atoms with van der Waals surface area (Å²) in [6.45, 7) is 0. The number of para-hydroxylation sites is 1. The molecule has 0 atom stereocenters. The highest BCUT2D eigenvalue weighted by Crippen LogP contribution is 2.22. The molecule has 0 radical (unpaired) electrons. The van der Waals surface area contributed by atoms with Crippen molar-refractivity contribution in [2.24, 2.45) is 0 Å². The minimum absolute atomic E-state index is 0.100. The molecule has 116 valence electrons. The zero-order valence-electron chi connectivity index (χ0n) is 12.0. The van der Waals surface area contributed by atoms with Crippen LogP contribution in [0.5, 0.6) is 0 Å². The second kappa shape index (κ2) is 6.05. The molecule has 2 heterocycles. The Bertz CT molecular complexity index is 956. The summed E-state index contributed by atoms with van der Waals surface area (Å²) < 4.78 is 9.72. The molecule has 0 bridgehead atoms. The normalized spacial score (nSPS) is 10.5. The van der Waals surface area contributed by atoms with Crippen molar-refractivity contribution >= 4 is 39.2 Å². The van der Waals surface area contributed by atoms with Crippen molar-refractivity contribution in [2.75, 3.05) is 12.4 Å². The Morgan fingerprint density at radius 2 is 2.00 bits per heavy atom. The Morgan fingerprint density at radius 3 is 2.78 bits per heavy atom. The number of carbonyl (C=O) groups excluding carboxylic acids is 2. The molecule has 3 rings (SSSR count). The predicted molar refractivity (Wildman–Crippen MR) is 86.1 cm³/mol. The third-order valence-corrected chi connectivity index (χ3v) is 3.99. The number of esters is 1. The number of nitrogens with one attached hydrogen (secondary N) is 1. The monoisotopic (exact) mass is 329 g/mol. The average molecular weight is 329 g/mol. The Kier molecular flexibility index (Phi) is 3.94. The zero-order chi connectivity index (χ0) is 16.4. The summed E-state index contributed by atoms with van der Waals surface area (Å²) in [5.74, 6) is -1.09. The lowest BCUT2D eigenvalue weighted by molar-refractivity contribution is 0.0601. The second-order valence-electron chi connectivity index (χ2n) is 4.63. The van der Waals surface area contributed by atoms with Crippen LogP contribution in [0.3, 0.4) is 0 Å². The maximum atomic E-state index is 12.2. The lowest BCUT2D eigenvalue weighted by atomic mass is 10.2. The van der Waals surface area contributed by atoms with Crippen molar-refractivity contribution in [3.63, 3.8) is 0 Å². The van der Waals surface area contributed by atoms with Crippen LogP contribution in [0.15, 0.2) is 51.0 Å². The fraction of sp³-hybridized carbons (Fsp3) is 0.0625. The quantitative estimate of drug-likeness (QED) is 0.590. The van der Waals surface area contributed by atoms with Gasteiger partial charge in [-0.05, 0) is 18.2 Å². The number of amides is 1. The van der Waals surface area contributed by atoms with Gasteiger partial charge in [-0.15, -0.1) is 11.3 Å². The Hall–Kier alpha value is -2.93. The summed E-state index contributed by atoms with van der Waals surface area (Å²) in [7, 11) is 1.28. The van der Waals surface area contributed by atoms with Crippen molar-refractivity contribution in [1.82, 2.24) is 0 Å². The summed E-state index contributed by atoms with van der Waals surface area (Å²) in [6, 6.07) is 9.88. The van der Waals surface area contributed by atoms with E-state index in [9.17, 15) is 14.4 Å². The van der Waals surface area contributed by atoms with Gasteiger partial charge in [-0.3, -0.25) is 4.79 Å². The minimum Gasteiger partial charge on any atom is -0.465 e. The third kappa shape index (κ3) is 3.00. The summed E-state index contributed by atoms with van der Waals surface area (Å²) in [5, 5.41) is 5.22. The van der Waals surface area contributed by atoms with Gasteiger partial charge in [-0.25, -0.2) is 9.59 Å². The molecule has 2 aromatic heterocycles. The van der Waals surface area contributed by atoms with Crippen LogP contribution in [-0.2, 0) is 4.74 Å². The van der Waals surface area contributed by atoms with Gasteiger partial charge in [0.15, 0.2) is 0 Å². The molecule has 23 heavy (non-hydrogen) atoms. The van der Waals surface area contributed by atoms with E-state index in [0.29, 0.717) is 21.5 Å². The molecule has 1 amide bonds. The standard InChI is InChI=1S/C16H11NO5S/c1-21-15(19)10-7-13(23-8-10)17-14(18)11-6-9-4-2-3-5-12(9)22-16(11)20/h2-8H,1H3,(H,17,18). The molecule has 3 aromatic rings. The number of anilines is 1. The van der Waals surface area contributed by atoms with Crippen LogP contribution in [-0.4, -0.2) is 19.0 Å². The minimum atomic E-state index is -0.717. The van der Waals surface area contributed by atoms with Gasteiger partial charge in [-0.1, -0.05) is 18.2 Å². The summed E-state index contributed by atoms with van der Waals surface area (Å²) in [6.07, 6.45) is 0. The van der Waals surface area contributed by atoms with E-state index in [2.05, 4.69) is 10.1 Å². The first-order valence-corrected chi connectivity index (χ1v) is 7.47. The second-order valence-corrected chi connectivity index (χ2v) is 5.54. The smallest absolute Gasteiger partial charge is 0.349 e. The van der Waals surface area contributed by atoms with E-state index >= 15 is 0 Å². The first kappa shape index (κ1) is 15.0. The third-order valence-electron chi connectivity index (χ3n) is 3.14. The van der Waals surface area contributed by atoms with E-state index in [4.69, 9.17) is 4.42 Å². The molecule has 1 aromatic carbocycles. The fourth-order valence-electron chi connectivity index (χ4n) is 2.03. The molecular formula is C16H11NO5S.